The highest BCUT2D eigenvalue weighted by molar-refractivity contribution is 8.00. The maximum absolute atomic E-state index is 12.9. The number of hydrogen-bond acceptors (Lipinski definition) is 7. The Hall–Kier alpha value is -2.65. The molecule has 7 N–H and O–H groups in total. The van der Waals surface area contributed by atoms with Crippen LogP contribution in [0.3, 0.4) is 0 Å². The van der Waals surface area contributed by atoms with E-state index in [9.17, 15) is 14.7 Å². The van der Waals surface area contributed by atoms with Crippen molar-refractivity contribution in [1.29, 1.82) is 0 Å². The molecule has 3 atom stereocenters. The lowest BCUT2D eigenvalue weighted by Crippen LogP contribution is -2.49. The van der Waals surface area contributed by atoms with Gasteiger partial charge in [-0.1, -0.05) is 25.6 Å². The highest BCUT2D eigenvalue weighted by Gasteiger charge is 2.31. The Kier molecular flexibility index (Phi) is 10.3. The van der Waals surface area contributed by atoms with E-state index in [4.69, 9.17) is 5.73 Å². The minimum Gasteiger partial charge on any atom is -0.510 e. The summed E-state index contributed by atoms with van der Waals surface area (Å²) in [4.78, 5) is 25.1. The van der Waals surface area contributed by atoms with Gasteiger partial charge in [-0.05, 0) is 68.2 Å². The molecule has 1 heterocycles. The number of unbranched alkanes of at least 4 members (excludes halogenated alkanes) is 1. The molecule has 3 unspecified atom stereocenters. The molecule has 0 bridgehead atoms. The Morgan fingerprint density at radius 1 is 1.26 bits per heavy atom. The first-order chi connectivity index (χ1) is 16.9. The van der Waals surface area contributed by atoms with Gasteiger partial charge in [-0.25, -0.2) is 0 Å². The molecule has 35 heavy (non-hydrogen) atoms. The highest BCUT2D eigenvalue weighted by atomic mass is 32.2. The van der Waals surface area contributed by atoms with Crippen LogP contribution in [-0.4, -0.2) is 46.7 Å². The zero-order valence-electron chi connectivity index (χ0n) is 20.6. The number of carbonyl (C=O) groups excluding carboxylic acids is 2. The van der Waals surface area contributed by atoms with Crippen molar-refractivity contribution in [1.82, 2.24) is 16.0 Å². The number of nitrogens with one attached hydrogen (secondary N) is 4. The number of allylic oxidation sites excluding steroid dienone is 1. The molecule has 1 saturated heterocycles. The van der Waals surface area contributed by atoms with E-state index < -0.39 is 6.04 Å². The lowest BCUT2D eigenvalue weighted by molar-refractivity contribution is -0.123. The molecule has 0 spiro atoms. The average Bonchev–Trinajstić information content (AvgIpc) is 3.28. The zero-order valence-corrected chi connectivity index (χ0v) is 21.4. The maximum Gasteiger partial charge on any atom is 0.238 e. The van der Waals surface area contributed by atoms with Gasteiger partial charge in [-0.3, -0.25) is 14.9 Å². The predicted octanol–water partition coefficient (Wildman–Crippen LogP) is 3.28. The van der Waals surface area contributed by atoms with Gasteiger partial charge in [0.15, 0.2) is 0 Å². The van der Waals surface area contributed by atoms with E-state index in [1.54, 1.807) is 11.8 Å². The number of anilines is 1. The molecular weight excluding hydrogens is 462 g/mol. The second kappa shape index (κ2) is 13.4. The number of amides is 2. The van der Waals surface area contributed by atoms with Gasteiger partial charge in [-0.2, -0.15) is 0 Å². The van der Waals surface area contributed by atoms with E-state index in [0.29, 0.717) is 36.3 Å². The van der Waals surface area contributed by atoms with Gasteiger partial charge < -0.3 is 26.8 Å². The normalized spacial score (nSPS) is 20.0. The largest absolute Gasteiger partial charge is 0.510 e. The highest BCUT2D eigenvalue weighted by Crippen LogP contribution is 2.30. The minimum atomic E-state index is -0.455. The fourth-order valence-corrected chi connectivity index (χ4v) is 5.28. The fourth-order valence-electron chi connectivity index (χ4n) is 4.11. The van der Waals surface area contributed by atoms with Crippen LogP contribution in [-0.2, 0) is 16.0 Å². The molecule has 1 aliphatic heterocycles. The van der Waals surface area contributed by atoms with Crippen molar-refractivity contribution in [3.05, 3.63) is 53.6 Å². The molecule has 9 heteroatoms. The van der Waals surface area contributed by atoms with E-state index >= 15 is 0 Å². The summed E-state index contributed by atoms with van der Waals surface area (Å²) in [5.41, 5.74) is 8.20. The molecule has 1 aromatic rings. The Bertz CT molecular complexity index is 912. The van der Waals surface area contributed by atoms with Crippen molar-refractivity contribution in [2.75, 3.05) is 17.6 Å². The molecule has 1 saturated carbocycles. The third-order valence-corrected chi connectivity index (χ3v) is 7.76. The minimum absolute atomic E-state index is 0.0332. The first kappa shape index (κ1) is 26.9. The van der Waals surface area contributed by atoms with Crippen molar-refractivity contribution in [2.45, 2.75) is 75.7 Å². The first-order valence-corrected chi connectivity index (χ1v) is 13.6. The Balaban J connectivity index is 1.53. The molecule has 0 aromatic heterocycles. The van der Waals surface area contributed by atoms with Gasteiger partial charge in [0.05, 0.1) is 23.3 Å². The summed E-state index contributed by atoms with van der Waals surface area (Å²) in [6.45, 7) is 6.38. The molecule has 0 radical (unpaired) electrons. The lowest BCUT2D eigenvalue weighted by Gasteiger charge is -2.26. The molecule has 2 fully saturated rings. The van der Waals surface area contributed by atoms with Crippen LogP contribution >= 0.6 is 11.8 Å². The van der Waals surface area contributed by atoms with Crippen LogP contribution in [0.15, 0.2) is 48.0 Å². The van der Waals surface area contributed by atoms with Gasteiger partial charge in [-0.15, -0.1) is 11.8 Å². The lowest BCUT2D eigenvalue weighted by atomic mass is 9.88. The molecule has 2 amide bonds. The number of rotatable bonds is 13. The second-order valence-electron chi connectivity index (χ2n) is 9.21. The van der Waals surface area contributed by atoms with Crippen molar-refractivity contribution in [3.8, 4) is 0 Å². The van der Waals surface area contributed by atoms with Crippen LogP contribution in [0.2, 0.25) is 0 Å². The van der Waals surface area contributed by atoms with E-state index in [2.05, 4.69) is 34.8 Å². The van der Waals surface area contributed by atoms with Gasteiger partial charge in [0, 0.05) is 24.4 Å². The molecular formula is C26H39N5O3S. The molecule has 192 valence electrons. The monoisotopic (exact) mass is 501 g/mol. The van der Waals surface area contributed by atoms with E-state index in [-0.39, 0.29) is 17.9 Å². The third-order valence-electron chi connectivity index (χ3n) is 6.36. The van der Waals surface area contributed by atoms with Crippen LogP contribution < -0.4 is 27.0 Å². The van der Waals surface area contributed by atoms with Gasteiger partial charge >= 0.3 is 0 Å². The SMILES string of the molecule is C=C(N)NCCCCC(=O)Nc1ccc(CC(NC(=O)C2CSC(CC)N2)C(O)=C2CCC2)cc1. The summed E-state index contributed by atoms with van der Waals surface area (Å²) in [5.74, 6) is 1.37. The summed E-state index contributed by atoms with van der Waals surface area (Å²) in [6, 6.07) is 6.89. The molecule has 3 rings (SSSR count). The number of carbonyl (C=O) groups is 2. The summed E-state index contributed by atoms with van der Waals surface area (Å²) in [5, 5.41) is 23.5. The van der Waals surface area contributed by atoms with E-state index in [1.807, 2.05) is 24.3 Å². The number of nitrogens with two attached hydrogens (primary N) is 1. The molecule has 8 nitrogen and oxygen atoms in total. The number of aliphatic hydroxyl groups excluding tert-OH is 1. The van der Waals surface area contributed by atoms with Crippen molar-refractivity contribution in [2.24, 2.45) is 5.73 Å². The van der Waals surface area contributed by atoms with Gasteiger partial charge in [0.1, 0.15) is 5.76 Å². The van der Waals surface area contributed by atoms with E-state index in [1.165, 1.54) is 0 Å². The second-order valence-corrected chi connectivity index (χ2v) is 10.4. The van der Waals surface area contributed by atoms with Crippen molar-refractivity contribution in [3.63, 3.8) is 0 Å². The number of benzene rings is 1. The summed E-state index contributed by atoms with van der Waals surface area (Å²) in [7, 11) is 0. The maximum atomic E-state index is 12.9. The Morgan fingerprint density at radius 2 is 2.00 bits per heavy atom. The van der Waals surface area contributed by atoms with Crippen LogP contribution in [0.4, 0.5) is 5.69 Å². The molecule has 1 aliphatic carbocycles. The molecule has 1 aromatic carbocycles. The van der Waals surface area contributed by atoms with Crippen molar-refractivity contribution < 1.29 is 14.7 Å². The standard InChI is InChI=1S/C26H39N5O3S/c1-3-24-30-22(16-35-24)26(34)31-21(25(33)19-7-6-8-19)15-18-10-12-20(13-11-18)29-23(32)9-4-5-14-28-17(2)27/h10-13,21-22,24,28,30,33H,2-9,14-16,27H2,1H3,(H,29,32)(H,31,34). The fraction of sp³-hybridized carbons (Fsp3) is 0.538. The zero-order chi connectivity index (χ0) is 25.2. The summed E-state index contributed by atoms with van der Waals surface area (Å²) in [6.07, 6.45) is 6.33. The Morgan fingerprint density at radius 3 is 2.60 bits per heavy atom. The van der Waals surface area contributed by atoms with Crippen LogP contribution in [0.25, 0.3) is 0 Å². The first-order valence-electron chi connectivity index (χ1n) is 12.5. The quantitative estimate of drug-likeness (QED) is 0.181. The number of hydrogen-bond donors (Lipinski definition) is 6. The molecule has 2 aliphatic rings. The number of aliphatic hydroxyl groups is 1. The van der Waals surface area contributed by atoms with Crippen LogP contribution in [0.1, 0.15) is 57.4 Å². The number of thioether (sulfide) groups is 1. The third kappa shape index (κ3) is 8.50. The van der Waals surface area contributed by atoms with Crippen LogP contribution in [0.5, 0.6) is 0 Å². The predicted molar refractivity (Wildman–Crippen MR) is 143 cm³/mol. The van der Waals surface area contributed by atoms with Crippen LogP contribution in [0, 0.1) is 0 Å². The summed E-state index contributed by atoms with van der Waals surface area (Å²) < 4.78 is 0. The van der Waals surface area contributed by atoms with E-state index in [0.717, 1.165) is 61.1 Å². The smallest absolute Gasteiger partial charge is 0.238 e. The van der Waals surface area contributed by atoms with Gasteiger partial charge in [0.2, 0.25) is 11.8 Å². The topological polar surface area (TPSA) is 129 Å². The van der Waals surface area contributed by atoms with Gasteiger partial charge in [0.25, 0.3) is 0 Å². The Labute approximate surface area is 212 Å². The summed E-state index contributed by atoms with van der Waals surface area (Å²) >= 11 is 1.76. The van der Waals surface area contributed by atoms with Crippen molar-refractivity contribution >= 4 is 29.3 Å². The average molecular weight is 502 g/mol.